The van der Waals surface area contributed by atoms with Crippen LogP contribution in [-0.2, 0) is 29.9 Å². The molecule has 0 N–H and O–H groups in total. The van der Waals surface area contributed by atoms with Crippen LogP contribution in [-0.4, -0.2) is 65.4 Å². The molecule has 1 rings (SSSR count). The van der Waals surface area contributed by atoms with Gasteiger partial charge in [0.25, 0.3) is 0 Å². The predicted octanol–water partition coefficient (Wildman–Crippen LogP) is -0.208. The molecule has 0 spiro atoms. The molecule has 0 saturated carbocycles. The minimum Gasteiger partial charge on any atom is -0.469 e. The van der Waals surface area contributed by atoms with Gasteiger partial charge in [0, 0.05) is 29.6 Å². The van der Waals surface area contributed by atoms with Crippen LogP contribution in [0, 0.1) is 5.92 Å². The van der Waals surface area contributed by atoms with Crippen LogP contribution in [0.5, 0.6) is 0 Å². The molecule has 3 atom stereocenters. The third kappa shape index (κ3) is 4.58. The van der Waals surface area contributed by atoms with Gasteiger partial charge < -0.3 is 14.4 Å². The number of rotatable bonds is 5. The third-order valence-corrected chi connectivity index (χ3v) is 4.90. The van der Waals surface area contributed by atoms with E-state index < -0.39 is 27.9 Å². The lowest BCUT2D eigenvalue weighted by molar-refractivity contribution is -0.144. The highest BCUT2D eigenvalue weighted by atomic mass is 32.2. The molecule has 110 valence electrons. The maximum atomic E-state index is 12.1. The average Bonchev–Trinajstić information content (AvgIpc) is 2.45. The van der Waals surface area contributed by atoms with Crippen LogP contribution in [0.4, 0.5) is 0 Å². The molecule has 1 aliphatic rings. The van der Waals surface area contributed by atoms with Crippen LogP contribution in [0.3, 0.4) is 0 Å². The van der Waals surface area contributed by atoms with E-state index in [1.807, 2.05) is 0 Å². The van der Waals surface area contributed by atoms with Crippen molar-refractivity contribution in [2.75, 3.05) is 39.2 Å². The van der Waals surface area contributed by atoms with Gasteiger partial charge in [-0.3, -0.25) is 13.8 Å². The molecule has 1 fully saturated rings. The van der Waals surface area contributed by atoms with E-state index in [4.69, 9.17) is 4.74 Å². The Balaban J connectivity index is 2.51. The zero-order chi connectivity index (χ0) is 14.4. The third-order valence-electron chi connectivity index (χ3n) is 3.08. The van der Waals surface area contributed by atoms with Gasteiger partial charge in [0.1, 0.15) is 5.25 Å². The molecule has 0 aromatic carbocycles. The molecule has 0 aliphatic carbocycles. The van der Waals surface area contributed by atoms with Gasteiger partial charge in [-0.15, -0.1) is 0 Å². The van der Waals surface area contributed by atoms with Gasteiger partial charge in [-0.05, 0) is 6.92 Å². The fourth-order valence-electron chi connectivity index (χ4n) is 1.81. The summed E-state index contributed by atoms with van der Waals surface area (Å²) in [5.74, 6) is -0.868. The smallest absolute Gasteiger partial charge is 0.309 e. The lowest BCUT2D eigenvalue weighted by Gasteiger charge is -2.29. The molecule has 0 aromatic heterocycles. The van der Waals surface area contributed by atoms with Crippen LogP contribution in [0.1, 0.15) is 13.8 Å². The number of morpholine rings is 1. The minimum atomic E-state index is -1.38. The molecule has 1 aliphatic heterocycles. The maximum Gasteiger partial charge on any atom is 0.309 e. The second-order valence-corrected chi connectivity index (χ2v) is 6.35. The second kappa shape index (κ2) is 7.59. The largest absolute Gasteiger partial charge is 0.469 e. The van der Waals surface area contributed by atoms with Crippen molar-refractivity contribution >= 4 is 22.7 Å². The SMILES string of the molecule is COC(=O)C(C)CS(=O)C(C)C(=O)N1CCOCC1. The van der Waals surface area contributed by atoms with E-state index in [0.29, 0.717) is 26.3 Å². The number of amides is 1. The Morgan fingerprint density at radius 3 is 2.42 bits per heavy atom. The van der Waals surface area contributed by atoms with E-state index in [9.17, 15) is 13.8 Å². The van der Waals surface area contributed by atoms with Crippen molar-refractivity contribution in [3.05, 3.63) is 0 Å². The number of esters is 1. The number of nitrogens with zero attached hydrogens (tertiary/aromatic N) is 1. The van der Waals surface area contributed by atoms with Crippen molar-refractivity contribution < 1.29 is 23.3 Å². The van der Waals surface area contributed by atoms with Crippen molar-refractivity contribution in [1.29, 1.82) is 0 Å². The van der Waals surface area contributed by atoms with Crippen LogP contribution >= 0.6 is 0 Å². The van der Waals surface area contributed by atoms with E-state index in [-0.39, 0.29) is 11.7 Å². The lowest BCUT2D eigenvalue weighted by atomic mass is 10.2. The highest BCUT2D eigenvalue weighted by Crippen LogP contribution is 2.09. The summed E-state index contributed by atoms with van der Waals surface area (Å²) >= 11 is 0. The first-order chi connectivity index (χ1) is 8.97. The Morgan fingerprint density at radius 2 is 1.89 bits per heavy atom. The molecule has 6 nitrogen and oxygen atoms in total. The quantitative estimate of drug-likeness (QED) is 0.655. The van der Waals surface area contributed by atoms with Crippen LogP contribution in [0.25, 0.3) is 0 Å². The molecule has 0 aromatic rings. The summed E-state index contributed by atoms with van der Waals surface area (Å²) in [5.41, 5.74) is 0. The first kappa shape index (κ1) is 16.1. The first-order valence-electron chi connectivity index (χ1n) is 6.29. The standard InChI is InChI=1S/C12H21NO5S/c1-9(12(15)17-3)8-19(16)10(2)11(14)13-4-6-18-7-5-13/h9-10H,4-8H2,1-3H3. The van der Waals surface area contributed by atoms with Crippen molar-refractivity contribution in [2.45, 2.75) is 19.1 Å². The number of carbonyl (C=O) groups excluding carboxylic acids is 2. The molecule has 0 bridgehead atoms. The molecule has 3 unspecified atom stereocenters. The molecule has 1 amide bonds. The molecular formula is C12H21NO5S. The number of methoxy groups -OCH3 is 1. The summed E-state index contributed by atoms with van der Waals surface area (Å²) in [6.07, 6.45) is 0. The van der Waals surface area contributed by atoms with E-state index in [1.54, 1.807) is 18.7 Å². The fraction of sp³-hybridized carbons (Fsp3) is 0.833. The van der Waals surface area contributed by atoms with Crippen molar-refractivity contribution in [1.82, 2.24) is 4.90 Å². The number of carbonyl (C=O) groups is 2. The van der Waals surface area contributed by atoms with E-state index in [2.05, 4.69) is 4.74 Å². The predicted molar refractivity (Wildman–Crippen MR) is 71.1 cm³/mol. The van der Waals surface area contributed by atoms with Crippen molar-refractivity contribution in [3.63, 3.8) is 0 Å². The molecule has 7 heteroatoms. The number of ether oxygens (including phenoxy) is 2. The van der Waals surface area contributed by atoms with Crippen LogP contribution in [0.2, 0.25) is 0 Å². The Hall–Kier alpha value is -0.950. The van der Waals surface area contributed by atoms with Gasteiger partial charge in [-0.25, -0.2) is 0 Å². The average molecular weight is 291 g/mol. The Kier molecular flexibility index (Phi) is 6.44. The topological polar surface area (TPSA) is 72.9 Å². The number of hydrogen-bond donors (Lipinski definition) is 0. The van der Waals surface area contributed by atoms with Gasteiger partial charge in [0.15, 0.2) is 0 Å². The summed E-state index contributed by atoms with van der Waals surface area (Å²) in [6.45, 7) is 5.39. The van der Waals surface area contributed by atoms with Gasteiger partial charge in [0.2, 0.25) is 5.91 Å². The molecule has 1 heterocycles. The Morgan fingerprint density at radius 1 is 1.32 bits per heavy atom. The lowest BCUT2D eigenvalue weighted by Crippen LogP contribution is -2.46. The minimum absolute atomic E-state index is 0.140. The summed E-state index contributed by atoms with van der Waals surface area (Å²) in [4.78, 5) is 25.1. The van der Waals surface area contributed by atoms with Crippen LogP contribution in [0.15, 0.2) is 0 Å². The summed E-state index contributed by atoms with van der Waals surface area (Å²) in [5, 5.41) is -0.606. The molecule has 1 saturated heterocycles. The fourth-order valence-corrected chi connectivity index (χ4v) is 3.10. The van der Waals surface area contributed by atoms with Crippen molar-refractivity contribution in [2.24, 2.45) is 5.92 Å². The molecule has 0 radical (unpaired) electrons. The van der Waals surface area contributed by atoms with E-state index >= 15 is 0 Å². The summed E-state index contributed by atoms with van der Waals surface area (Å²) < 4.78 is 21.8. The van der Waals surface area contributed by atoms with E-state index in [1.165, 1.54) is 7.11 Å². The second-order valence-electron chi connectivity index (χ2n) is 4.55. The zero-order valence-corrected chi connectivity index (χ0v) is 12.4. The monoisotopic (exact) mass is 291 g/mol. The normalized spacial score (nSPS) is 20.5. The highest BCUT2D eigenvalue weighted by molar-refractivity contribution is 7.86. The van der Waals surface area contributed by atoms with Gasteiger partial charge in [0.05, 0.1) is 26.2 Å². The zero-order valence-electron chi connectivity index (χ0n) is 11.6. The Bertz CT molecular complexity index is 354. The molecule has 19 heavy (non-hydrogen) atoms. The summed E-state index contributed by atoms with van der Waals surface area (Å²) in [7, 11) is -0.0860. The molecular weight excluding hydrogens is 270 g/mol. The Labute approximate surface area is 115 Å². The van der Waals surface area contributed by atoms with E-state index in [0.717, 1.165) is 0 Å². The maximum absolute atomic E-state index is 12.1. The van der Waals surface area contributed by atoms with Gasteiger partial charge in [-0.1, -0.05) is 6.92 Å². The highest BCUT2D eigenvalue weighted by Gasteiger charge is 2.28. The van der Waals surface area contributed by atoms with Crippen molar-refractivity contribution in [3.8, 4) is 0 Å². The van der Waals surface area contributed by atoms with Gasteiger partial charge >= 0.3 is 5.97 Å². The van der Waals surface area contributed by atoms with Gasteiger partial charge in [-0.2, -0.15) is 0 Å². The van der Waals surface area contributed by atoms with Crippen LogP contribution < -0.4 is 0 Å². The number of hydrogen-bond acceptors (Lipinski definition) is 5. The first-order valence-corrected chi connectivity index (χ1v) is 7.67. The summed E-state index contributed by atoms with van der Waals surface area (Å²) in [6, 6.07) is 0.